The lowest BCUT2D eigenvalue weighted by Gasteiger charge is -2.11. The summed E-state index contributed by atoms with van der Waals surface area (Å²) in [7, 11) is 0. The van der Waals surface area contributed by atoms with Gasteiger partial charge in [0.05, 0.1) is 28.6 Å². The Morgan fingerprint density at radius 3 is 1.74 bits per heavy atom. The molecule has 0 N–H and O–H groups in total. The number of para-hydroxylation sites is 1. The van der Waals surface area contributed by atoms with E-state index in [1.807, 2.05) is 48.8 Å². The van der Waals surface area contributed by atoms with Crippen LogP contribution in [-0.2, 0) is 0 Å². The van der Waals surface area contributed by atoms with E-state index in [-0.39, 0.29) is 0 Å². The van der Waals surface area contributed by atoms with E-state index in [0.717, 1.165) is 50.4 Å². The Kier molecular flexibility index (Phi) is 6.08. The minimum Gasteiger partial charge on any atom is -0.308 e. The standard InChI is InChI=1S/C39H26N4/c1-3-10-28(11-4-1)35-25-36(29-12-5-2-6-13-29)42-39(41-35)31-15-9-14-30(24-31)27-18-20-32(21-19-27)43-37-17-8-7-16-33(37)34-22-23-40-26-38(34)43/h1-26H. The van der Waals surface area contributed by atoms with Gasteiger partial charge >= 0.3 is 0 Å². The zero-order valence-electron chi connectivity index (χ0n) is 23.3. The maximum Gasteiger partial charge on any atom is 0.160 e. The molecule has 0 amide bonds. The Labute approximate surface area is 249 Å². The molecule has 0 aliphatic heterocycles. The lowest BCUT2D eigenvalue weighted by atomic mass is 10.0. The highest BCUT2D eigenvalue weighted by Crippen LogP contribution is 2.33. The Morgan fingerprint density at radius 2 is 1.02 bits per heavy atom. The van der Waals surface area contributed by atoms with Crippen LogP contribution in [0.5, 0.6) is 0 Å². The number of aromatic nitrogens is 4. The van der Waals surface area contributed by atoms with Crippen LogP contribution in [-0.4, -0.2) is 19.5 Å². The summed E-state index contributed by atoms with van der Waals surface area (Å²) in [5.41, 5.74) is 10.5. The summed E-state index contributed by atoms with van der Waals surface area (Å²) >= 11 is 0. The van der Waals surface area contributed by atoms with Crippen LogP contribution in [0.3, 0.4) is 0 Å². The lowest BCUT2D eigenvalue weighted by Crippen LogP contribution is -1.96. The molecule has 0 bridgehead atoms. The zero-order valence-corrected chi connectivity index (χ0v) is 23.3. The second-order valence-corrected chi connectivity index (χ2v) is 10.6. The van der Waals surface area contributed by atoms with E-state index in [4.69, 9.17) is 9.97 Å². The van der Waals surface area contributed by atoms with Crippen LogP contribution < -0.4 is 0 Å². The van der Waals surface area contributed by atoms with Crippen LogP contribution in [0, 0.1) is 0 Å². The highest BCUT2D eigenvalue weighted by Gasteiger charge is 2.13. The van der Waals surface area contributed by atoms with Gasteiger partial charge in [0.15, 0.2) is 5.82 Å². The van der Waals surface area contributed by atoms with Gasteiger partial charge in [-0.2, -0.15) is 0 Å². The molecule has 0 saturated carbocycles. The first-order valence-electron chi connectivity index (χ1n) is 14.4. The minimum atomic E-state index is 0.705. The molecule has 0 saturated heterocycles. The summed E-state index contributed by atoms with van der Waals surface area (Å²) in [6.45, 7) is 0. The molecule has 0 aliphatic rings. The maximum atomic E-state index is 5.02. The molecular formula is C39H26N4. The summed E-state index contributed by atoms with van der Waals surface area (Å²) in [5, 5.41) is 2.43. The summed E-state index contributed by atoms with van der Waals surface area (Å²) in [6.07, 6.45) is 3.80. The molecule has 0 fully saturated rings. The number of nitrogens with zero attached hydrogens (tertiary/aromatic N) is 4. The summed E-state index contributed by atoms with van der Waals surface area (Å²) in [5.74, 6) is 0.705. The fourth-order valence-corrected chi connectivity index (χ4v) is 5.83. The van der Waals surface area contributed by atoms with E-state index in [2.05, 4.69) is 119 Å². The molecule has 202 valence electrons. The van der Waals surface area contributed by atoms with Gasteiger partial charge in [-0.3, -0.25) is 4.98 Å². The van der Waals surface area contributed by atoms with Gasteiger partial charge in [0, 0.05) is 39.3 Å². The summed E-state index contributed by atoms with van der Waals surface area (Å²) in [6, 6.07) is 50.5. The van der Waals surface area contributed by atoms with Crippen molar-refractivity contribution in [2.24, 2.45) is 0 Å². The number of hydrogen-bond donors (Lipinski definition) is 0. The monoisotopic (exact) mass is 550 g/mol. The molecule has 3 aromatic heterocycles. The van der Waals surface area contributed by atoms with Crippen molar-refractivity contribution in [1.29, 1.82) is 0 Å². The molecule has 4 nitrogen and oxygen atoms in total. The van der Waals surface area contributed by atoms with Gasteiger partial charge in [-0.1, -0.05) is 109 Å². The van der Waals surface area contributed by atoms with Gasteiger partial charge in [-0.15, -0.1) is 0 Å². The predicted octanol–water partition coefficient (Wildman–Crippen LogP) is 9.64. The normalized spacial score (nSPS) is 11.3. The molecule has 43 heavy (non-hydrogen) atoms. The van der Waals surface area contributed by atoms with Crippen molar-refractivity contribution in [1.82, 2.24) is 19.5 Å². The molecule has 3 heterocycles. The van der Waals surface area contributed by atoms with Crippen LogP contribution >= 0.6 is 0 Å². The number of pyridine rings is 1. The molecule has 0 spiro atoms. The van der Waals surface area contributed by atoms with Crippen LogP contribution in [0.4, 0.5) is 0 Å². The van der Waals surface area contributed by atoms with Crippen LogP contribution in [0.15, 0.2) is 158 Å². The molecule has 5 aromatic carbocycles. The molecule has 0 atom stereocenters. The molecular weight excluding hydrogens is 524 g/mol. The van der Waals surface area contributed by atoms with Crippen molar-refractivity contribution < 1.29 is 0 Å². The van der Waals surface area contributed by atoms with E-state index in [1.54, 1.807) is 0 Å². The van der Waals surface area contributed by atoms with Gasteiger partial charge < -0.3 is 4.57 Å². The Hall–Kier alpha value is -5.87. The highest BCUT2D eigenvalue weighted by atomic mass is 15.0. The van der Waals surface area contributed by atoms with Crippen molar-refractivity contribution >= 4 is 21.8 Å². The average molecular weight is 551 g/mol. The van der Waals surface area contributed by atoms with Crippen molar-refractivity contribution in [3.05, 3.63) is 158 Å². The van der Waals surface area contributed by atoms with Crippen molar-refractivity contribution in [3.8, 4) is 50.7 Å². The van der Waals surface area contributed by atoms with E-state index >= 15 is 0 Å². The quantitative estimate of drug-likeness (QED) is 0.214. The third kappa shape index (κ3) is 4.55. The number of hydrogen-bond acceptors (Lipinski definition) is 3. The minimum absolute atomic E-state index is 0.705. The van der Waals surface area contributed by atoms with Crippen LogP contribution in [0.25, 0.3) is 72.5 Å². The summed E-state index contributed by atoms with van der Waals surface area (Å²) in [4.78, 5) is 14.5. The van der Waals surface area contributed by atoms with Crippen LogP contribution in [0.2, 0.25) is 0 Å². The smallest absolute Gasteiger partial charge is 0.160 e. The molecule has 8 aromatic rings. The number of fused-ring (bicyclic) bond motifs is 3. The van der Waals surface area contributed by atoms with Crippen molar-refractivity contribution in [3.63, 3.8) is 0 Å². The van der Waals surface area contributed by atoms with Gasteiger partial charge in [0.1, 0.15) is 0 Å². The Morgan fingerprint density at radius 1 is 0.419 bits per heavy atom. The highest BCUT2D eigenvalue weighted by molar-refractivity contribution is 6.08. The second kappa shape index (κ2) is 10.5. The van der Waals surface area contributed by atoms with Gasteiger partial charge in [-0.05, 0) is 47.5 Å². The maximum absolute atomic E-state index is 5.02. The fraction of sp³-hybridized carbons (Fsp3) is 0. The van der Waals surface area contributed by atoms with Gasteiger partial charge in [0.25, 0.3) is 0 Å². The Bertz CT molecular complexity index is 2110. The molecule has 0 radical (unpaired) electrons. The molecule has 8 rings (SSSR count). The van der Waals surface area contributed by atoms with Gasteiger partial charge in [-0.25, -0.2) is 9.97 Å². The van der Waals surface area contributed by atoms with E-state index in [1.165, 1.54) is 16.3 Å². The molecule has 0 unspecified atom stereocenters. The average Bonchev–Trinajstić information content (AvgIpc) is 3.43. The third-order valence-electron chi connectivity index (χ3n) is 7.92. The van der Waals surface area contributed by atoms with E-state index in [9.17, 15) is 0 Å². The second-order valence-electron chi connectivity index (χ2n) is 10.6. The SMILES string of the molecule is c1ccc(-c2cc(-c3ccccc3)nc(-c3cccc(-c4ccc(-n5c6ccccc6c6ccncc65)cc4)c3)n2)cc1. The number of benzene rings is 5. The van der Waals surface area contributed by atoms with E-state index in [0.29, 0.717) is 5.82 Å². The molecule has 4 heteroatoms. The fourth-order valence-electron chi connectivity index (χ4n) is 5.83. The largest absolute Gasteiger partial charge is 0.308 e. The first-order valence-corrected chi connectivity index (χ1v) is 14.4. The first-order chi connectivity index (χ1) is 21.3. The van der Waals surface area contributed by atoms with Crippen molar-refractivity contribution in [2.45, 2.75) is 0 Å². The zero-order chi connectivity index (χ0) is 28.6. The first kappa shape index (κ1) is 24.9. The third-order valence-corrected chi connectivity index (χ3v) is 7.92. The lowest BCUT2D eigenvalue weighted by molar-refractivity contribution is 1.17. The number of rotatable bonds is 5. The van der Waals surface area contributed by atoms with Gasteiger partial charge in [0.2, 0.25) is 0 Å². The predicted molar refractivity (Wildman–Crippen MR) is 176 cm³/mol. The van der Waals surface area contributed by atoms with Crippen LogP contribution in [0.1, 0.15) is 0 Å². The van der Waals surface area contributed by atoms with Crippen molar-refractivity contribution in [2.75, 3.05) is 0 Å². The molecule has 0 aliphatic carbocycles. The topological polar surface area (TPSA) is 43.6 Å². The Balaban J connectivity index is 1.20. The summed E-state index contributed by atoms with van der Waals surface area (Å²) < 4.78 is 2.28. The van der Waals surface area contributed by atoms with E-state index < -0.39 is 0 Å².